The number of hydrogen-bond acceptors (Lipinski definition) is 6. The molecule has 0 saturated carbocycles. The van der Waals surface area contributed by atoms with E-state index in [2.05, 4.69) is 15.2 Å². The maximum atomic E-state index is 13.1. The molecule has 2 aliphatic heterocycles. The van der Waals surface area contributed by atoms with Gasteiger partial charge in [-0.1, -0.05) is 6.07 Å². The molecule has 4 rings (SSSR count). The Morgan fingerprint density at radius 2 is 1.73 bits per heavy atom. The third-order valence-corrected chi connectivity index (χ3v) is 6.07. The summed E-state index contributed by atoms with van der Waals surface area (Å²) in [4.78, 5) is 22.2. The minimum Gasteiger partial charge on any atom is -0.493 e. The fourth-order valence-electron chi connectivity index (χ4n) is 4.33. The fourth-order valence-corrected chi connectivity index (χ4v) is 4.33. The molecule has 2 aliphatic rings. The highest BCUT2D eigenvalue weighted by Crippen LogP contribution is 2.31. The summed E-state index contributed by atoms with van der Waals surface area (Å²) in [6, 6.07) is 11.9. The second kappa shape index (κ2) is 9.45. The summed E-state index contributed by atoms with van der Waals surface area (Å²) in [6.45, 7) is 5.57. The van der Waals surface area contributed by atoms with E-state index in [1.54, 1.807) is 20.3 Å². The molecule has 0 aliphatic carbocycles. The summed E-state index contributed by atoms with van der Waals surface area (Å²) in [7, 11) is 3.22. The third-order valence-electron chi connectivity index (χ3n) is 6.07. The number of carbonyl (C=O) groups is 1. The van der Waals surface area contributed by atoms with E-state index < -0.39 is 0 Å². The first-order chi connectivity index (χ1) is 14.7. The number of carbonyl (C=O) groups excluding carboxylic acids is 1. The van der Waals surface area contributed by atoms with Crippen LogP contribution in [0.1, 0.15) is 23.3 Å². The first kappa shape index (κ1) is 20.6. The number of ether oxygens (including phenoxy) is 2. The maximum absolute atomic E-state index is 13.1. The SMILES string of the molecule is COc1ccc(-c2cccc(C(=O)N3CCN(C4CCNCC4)CC3)n2)cc1OC. The number of hydrogen-bond donors (Lipinski definition) is 1. The van der Waals surface area contributed by atoms with Gasteiger partial charge in [0.2, 0.25) is 0 Å². The number of benzene rings is 1. The molecular weight excluding hydrogens is 380 g/mol. The lowest BCUT2D eigenvalue weighted by atomic mass is 10.0. The summed E-state index contributed by atoms with van der Waals surface area (Å²) in [5.41, 5.74) is 2.12. The number of rotatable bonds is 5. The quantitative estimate of drug-likeness (QED) is 0.816. The Morgan fingerprint density at radius 3 is 2.43 bits per heavy atom. The van der Waals surface area contributed by atoms with E-state index in [4.69, 9.17) is 9.47 Å². The van der Waals surface area contributed by atoms with E-state index in [0.29, 0.717) is 23.2 Å². The molecule has 1 aromatic carbocycles. The minimum atomic E-state index is 0.00212. The molecule has 160 valence electrons. The van der Waals surface area contributed by atoms with E-state index in [0.717, 1.165) is 50.5 Å². The lowest BCUT2D eigenvalue weighted by Gasteiger charge is -2.40. The van der Waals surface area contributed by atoms with E-state index >= 15 is 0 Å². The Morgan fingerprint density at radius 1 is 1.00 bits per heavy atom. The van der Waals surface area contributed by atoms with Crippen molar-refractivity contribution < 1.29 is 14.3 Å². The van der Waals surface area contributed by atoms with Crippen LogP contribution >= 0.6 is 0 Å². The summed E-state index contributed by atoms with van der Waals surface area (Å²) < 4.78 is 10.7. The molecule has 2 aromatic rings. The molecule has 30 heavy (non-hydrogen) atoms. The average molecular weight is 411 g/mol. The van der Waals surface area contributed by atoms with Crippen molar-refractivity contribution in [2.75, 3.05) is 53.5 Å². The number of aromatic nitrogens is 1. The van der Waals surface area contributed by atoms with Gasteiger partial charge >= 0.3 is 0 Å². The monoisotopic (exact) mass is 410 g/mol. The zero-order valence-corrected chi connectivity index (χ0v) is 17.8. The molecule has 7 heteroatoms. The topological polar surface area (TPSA) is 66.9 Å². The zero-order chi connectivity index (χ0) is 20.9. The molecule has 0 unspecified atom stereocenters. The van der Waals surface area contributed by atoms with Crippen molar-refractivity contribution in [3.8, 4) is 22.8 Å². The standard InChI is InChI=1S/C23H30N4O3/c1-29-21-7-6-17(16-22(21)30-2)19-4-3-5-20(25-19)23(28)27-14-12-26(13-15-27)18-8-10-24-11-9-18/h3-7,16,18,24H,8-15H2,1-2H3. The molecule has 0 radical (unpaired) electrons. The highest BCUT2D eigenvalue weighted by atomic mass is 16.5. The van der Waals surface area contributed by atoms with Gasteiger partial charge in [-0.3, -0.25) is 9.69 Å². The van der Waals surface area contributed by atoms with Crippen LogP contribution in [-0.4, -0.2) is 80.2 Å². The lowest BCUT2D eigenvalue weighted by molar-refractivity contribution is 0.0527. The number of amides is 1. The molecule has 1 aromatic heterocycles. The van der Waals surface area contributed by atoms with Gasteiger partial charge in [0.25, 0.3) is 5.91 Å². The Labute approximate surface area is 178 Å². The predicted octanol–water partition coefficient (Wildman–Crippen LogP) is 2.28. The first-order valence-electron chi connectivity index (χ1n) is 10.6. The molecule has 1 amide bonds. The summed E-state index contributed by atoms with van der Waals surface area (Å²) in [5, 5.41) is 3.42. The second-order valence-corrected chi connectivity index (χ2v) is 7.79. The van der Waals surface area contributed by atoms with Gasteiger partial charge in [0.15, 0.2) is 11.5 Å². The van der Waals surface area contributed by atoms with Crippen LogP contribution in [0.2, 0.25) is 0 Å². The normalized spacial score (nSPS) is 18.3. The Balaban J connectivity index is 1.44. The number of nitrogens with one attached hydrogen (secondary N) is 1. The molecule has 2 saturated heterocycles. The van der Waals surface area contributed by atoms with Gasteiger partial charge in [0.1, 0.15) is 5.69 Å². The van der Waals surface area contributed by atoms with Gasteiger partial charge in [-0.15, -0.1) is 0 Å². The van der Waals surface area contributed by atoms with Crippen molar-refractivity contribution >= 4 is 5.91 Å². The molecule has 2 fully saturated rings. The van der Waals surface area contributed by atoms with Crippen LogP contribution in [0, 0.1) is 0 Å². The van der Waals surface area contributed by atoms with E-state index in [9.17, 15) is 4.79 Å². The molecular formula is C23H30N4O3. The third kappa shape index (κ3) is 4.42. The molecule has 0 spiro atoms. The number of piperazine rings is 1. The van der Waals surface area contributed by atoms with Crippen LogP contribution in [-0.2, 0) is 0 Å². The Hall–Kier alpha value is -2.64. The van der Waals surface area contributed by atoms with E-state index in [-0.39, 0.29) is 5.91 Å². The summed E-state index contributed by atoms with van der Waals surface area (Å²) in [6.07, 6.45) is 2.39. The molecule has 1 N–H and O–H groups in total. The van der Waals surface area contributed by atoms with Crippen LogP contribution < -0.4 is 14.8 Å². The lowest BCUT2D eigenvalue weighted by Crippen LogP contribution is -2.54. The van der Waals surface area contributed by atoms with Crippen molar-refractivity contribution in [1.29, 1.82) is 0 Å². The number of nitrogens with zero attached hydrogens (tertiary/aromatic N) is 3. The van der Waals surface area contributed by atoms with Crippen LogP contribution in [0.5, 0.6) is 11.5 Å². The van der Waals surface area contributed by atoms with Crippen molar-refractivity contribution in [1.82, 2.24) is 20.1 Å². The number of piperidine rings is 1. The van der Waals surface area contributed by atoms with Crippen molar-refractivity contribution in [2.45, 2.75) is 18.9 Å². The second-order valence-electron chi connectivity index (χ2n) is 7.79. The van der Waals surface area contributed by atoms with Gasteiger partial charge in [0.05, 0.1) is 19.9 Å². The van der Waals surface area contributed by atoms with Crippen molar-refractivity contribution in [2.24, 2.45) is 0 Å². The average Bonchev–Trinajstić information content (AvgIpc) is 2.84. The van der Waals surface area contributed by atoms with Gasteiger partial charge < -0.3 is 19.7 Å². The molecule has 0 bridgehead atoms. The number of methoxy groups -OCH3 is 2. The van der Waals surface area contributed by atoms with E-state index in [1.807, 2.05) is 35.2 Å². The van der Waals surface area contributed by atoms with Crippen LogP contribution in [0.25, 0.3) is 11.3 Å². The van der Waals surface area contributed by atoms with Crippen molar-refractivity contribution in [3.05, 3.63) is 42.1 Å². The Bertz CT molecular complexity index is 875. The first-order valence-corrected chi connectivity index (χ1v) is 10.6. The zero-order valence-electron chi connectivity index (χ0n) is 17.8. The van der Waals surface area contributed by atoms with Gasteiger partial charge in [-0.05, 0) is 56.3 Å². The minimum absolute atomic E-state index is 0.00212. The molecule has 3 heterocycles. The number of pyridine rings is 1. The molecule has 7 nitrogen and oxygen atoms in total. The Kier molecular flexibility index (Phi) is 6.50. The van der Waals surface area contributed by atoms with Crippen LogP contribution in [0.4, 0.5) is 0 Å². The van der Waals surface area contributed by atoms with Crippen molar-refractivity contribution in [3.63, 3.8) is 0 Å². The van der Waals surface area contributed by atoms with Gasteiger partial charge in [-0.2, -0.15) is 0 Å². The summed E-state index contributed by atoms with van der Waals surface area (Å²) in [5.74, 6) is 1.31. The maximum Gasteiger partial charge on any atom is 0.272 e. The smallest absolute Gasteiger partial charge is 0.272 e. The predicted molar refractivity (Wildman–Crippen MR) is 116 cm³/mol. The van der Waals surface area contributed by atoms with Gasteiger partial charge in [-0.25, -0.2) is 4.98 Å². The fraction of sp³-hybridized carbons (Fsp3) is 0.478. The van der Waals surface area contributed by atoms with E-state index in [1.165, 1.54) is 12.8 Å². The molecule has 0 atom stereocenters. The highest BCUT2D eigenvalue weighted by molar-refractivity contribution is 5.93. The van der Waals surface area contributed by atoms with Crippen LogP contribution in [0.3, 0.4) is 0 Å². The largest absolute Gasteiger partial charge is 0.493 e. The summed E-state index contributed by atoms with van der Waals surface area (Å²) >= 11 is 0. The van der Waals surface area contributed by atoms with Crippen LogP contribution in [0.15, 0.2) is 36.4 Å². The van der Waals surface area contributed by atoms with Gasteiger partial charge in [0, 0.05) is 37.8 Å². The highest BCUT2D eigenvalue weighted by Gasteiger charge is 2.28.